The maximum Gasteiger partial charge on any atom is 0.257 e. The molecule has 0 aliphatic rings. The van der Waals surface area contributed by atoms with Crippen molar-refractivity contribution in [1.29, 1.82) is 0 Å². The lowest BCUT2D eigenvalue weighted by atomic mass is 10.1. The molecule has 0 aliphatic heterocycles. The number of carbonyl (C=O) groups is 3. The molecule has 2 aromatic rings. The molecule has 0 saturated heterocycles. The summed E-state index contributed by atoms with van der Waals surface area (Å²) in [6, 6.07) is 12.1. The smallest absolute Gasteiger partial charge is 0.257 e. The first-order valence-electron chi connectivity index (χ1n) is 7.54. The Morgan fingerprint density at radius 3 is 2.20 bits per heavy atom. The van der Waals surface area contributed by atoms with Gasteiger partial charge in [-0.05, 0) is 55.3 Å². The van der Waals surface area contributed by atoms with E-state index in [2.05, 4.69) is 10.6 Å². The molecule has 0 spiro atoms. The molecule has 0 saturated carbocycles. The van der Waals surface area contributed by atoms with Crippen molar-refractivity contribution >= 4 is 29.2 Å². The number of carbonyl (C=O) groups excluding carboxylic acids is 3. The van der Waals surface area contributed by atoms with Crippen LogP contribution in [0, 0.1) is 13.8 Å². The van der Waals surface area contributed by atoms with E-state index in [-0.39, 0.29) is 17.2 Å². The highest BCUT2D eigenvalue weighted by molar-refractivity contribution is 6.11. The van der Waals surface area contributed by atoms with Crippen LogP contribution in [0.1, 0.15) is 21.5 Å². The summed E-state index contributed by atoms with van der Waals surface area (Å²) in [5.74, 6) is -2.53. The summed E-state index contributed by atoms with van der Waals surface area (Å²) in [5.41, 5.74) is 3.23. The standard InChI is InChI=1S/C19H18N2O4/c1-12-9-13(2)11-14(10-12)20-19(25)15-5-3-4-6-16(15)21-17(22)7-8-18(23)24/h3-11H,1-2H3,(H,20,25)(H,21,22)(H,23,24)/p-1. The number of aryl methyl sites for hydroxylation is 2. The minimum Gasteiger partial charge on any atom is -0.545 e. The zero-order valence-electron chi connectivity index (χ0n) is 13.8. The lowest BCUT2D eigenvalue weighted by Crippen LogP contribution is -2.20. The zero-order chi connectivity index (χ0) is 18.4. The predicted molar refractivity (Wildman–Crippen MR) is 93.1 cm³/mol. The molecule has 2 rings (SSSR count). The van der Waals surface area contributed by atoms with Crippen molar-refractivity contribution in [1.82, 2.24) is 0 Å². The number of carboxylic acid groups (broad SMARTS) is 1. The van der Waals surface area contributed by atoms with E-state index in [1.165, 1.54) is 0 Å². The molecule has 2 aromatic carbocycles. The van der Waals surface area contributed by atoms with Gasteiger partial charge in [-0.3, -0.25) is 9.59 Å². The number of aliphatic carboxylic acids is 1. The monoisotopic (exact) mass is 337 g/mol. The molecule has 0 radical (unpaired) electrons. The van der Waals surface area contributed by atoms with Gasteiger partial charge in [-0.15, -0.1) is 0 Å². The maximum atomic E-state index is 12.5. The van der Waals surface area contributed by atoms with E-state index < -0.39 is 11.9 Å². The fourth-order valence-electron chi connectivity index (χ4n) is 2.35. The van der Waals surface area contributed by atoms with Crippen LogP contribution in [-0.4, -0.2) is 17.8 Å². The predicted octanol–water partition coefficient (Wildman–Crippen LogP) is 1.80. The van der Waals surface area contributed by atoms with Crippen LogP contribution in [0.15, 0.2) is 54.6 Å². The van der Waals surface area contributed by atoms with E-state index in [1.54, 1.807) is 24.3 Å². The van der Waals surface area contributed by atoms with Crippen molar-refractivity contribution in [2.24, 2.45) is 0 Å². The summed E-state index contributed by atoms with van der Waals surface area (Å²) >= 11 is 0. The van der Waals surface area contributed by atoms with Gasteiger partial charge in [0.1, 0.15) is 0 Å². The van der Waals surface area contributed by atoms with Gasteiger partial charge in [0, 0.05) is 11.8 Å². The van der Waals surface area contributed by atoms with Crippen molar-refractivity contribution in [3.05, 3.63) is 71.3 Å². The summed E-state index contributed by atoms with van der Waals surface area (Å²) in [4.78, 5) is 34.6. The first-order valence-corrected chi connectivity index (χ1v) is 7.54. The summed E-state index contributed by atoms with van der Waals surface area (Å²) in [7, 11) is 0. The number of benzene rings is 2. The lowest BCUT2D eigenvalue weighted by molar-refractivity contribution is -0.297. The van der Waals surface area contributed by atoms with E-state index in [4.69, 9.17) is 0 Å². The Morgan fingerprint density at radius 2 is 1.56 bits per heavy atom. The molecule has 0 fully saturated rings. The fourth-order valence-corrected chi connectivity index (χ4v) is 2.35. The Bertz CT molecular complexity index is 836. The van der Waals surface area contributed by atoms with Gasteiger partial charge >= 0.3 is 0 Å². The molecule has 25 heavy (non-hydrogen) atoms. The normalized spacial score (nSPS) is 10.5. The Balaban J connectivity index is 2.20. The first-order chi connectivity index (χ1) is 11.8. The number of rotatable bonds is 5. The average molecular weight is 337 g/mol. The van der Waals surface area contributed by atoms with Gasteiger partial charge in [-0.25, -0.2) is 0 Å². The topological polar surface area (TPSA) is 98.3 Å². The summed E-state index contributed by atoms with van der Waals surface area (Å²) < 4.78 is 0. The second-order valence-electron chi connectivity index (χ2n) is 5.52. The highest BCUT2D eigenvalue weighted by atomic mass is 16.4. The van der Waals surface area contributed by atoms with Gasteiger partial charge in [-0.1, -0.05) is 18.2 Å². The third-order valence-electron chi connectivity index (χ3n) is 3.28. The maximum absolute atomic E-state index is 12.5. The average Bonchev–Trinajstić information content (AvgIpc) is 2.52. The fraction of sp³-hybridized carbons (Fsp3) is 0.105. The number of para-hydroxylation sites is 1. The van der Waals surface area contributed by atoms with Gasteiger partial charge in [0.25, 0.3) is 5.91 Å². The highest BCUT2D eigenvalue weighted by Gasteiger charge is 2.12. The molecular formula is C19H17N2O4-. The Kier molecular flexibility index (Phi) is 5.68. The van der Waals surface area contributed by atoms with E-state index in [0.717, 1.165) is 17.2 Å². The molecule has 6 heteroatoms. The molecule has 0 bridgehead atoms. The van der Waals surface area contributed by atoms with E-state index in [0.29, 0.717) is 11.8 Å². The minimum atomic E-state index is -1.48. The van der Waals surface area contributed by atoms with Crippen molar-refractivity contribution in [2.75, 3.05) is 10.6 Å². The quantitative estimate of drug-likeness (QED) is 0.813. The first kappa shape index (κ1) is 17.9. The Labute approximate surface area is 145 Å². The van der Waals surface area contributed by atoms with E-state index >= 15 is 0 Å². The molecule has 6 nitrogen and oxygen atoms in total. The Hall–Kier alpha value is -3.41. The molecule has 0 aliphatic carbocycles. The lowest BCUT2D eigenvalue weighted by Gasteiger charge is -2.11. The van der Waals surface area contributed by atoms with Crippen LogP contribution in [0.4, 0.5) is 11.4 Å². The van der Waals surface area contributed by atoms with Gasteiger partial charge in [0.2, 0.25) is 5.91 Å². The third-order valence-corrected chi connectivity index (χ3v) is 3.28. The van der Waals surface area contributed by atoms with Crippen LogP contribution >= 0.6 is 0 Å². The minimum absolute atomic E-state index is 0.261. The van der Waals surface area contributed by atoms with Crippen molar-refractivity contribution in [3.8, 4) is 0 Å². The second-order valence-corrected chi connectivity index (χ2v) is 5.52. The third kappa shape index (κ3) is 5.31. The van der Waals surface area contributed by atoms with Crippen molar-refractivity contribution in [3.63, 3.8) is 0 Å². The summed E-state index contributed by atoms with van der Waals surface area (Å²) in [5, 5.41) is 15.6. The SMILES string of the molecule is Cc1cc(C)cc(NC(=O)c2ccccc2NC(=O)C=CC(=O)[O-])c1. The van der Waals surface area contributed by atoms with Gasteiger partial charge < -0.3 is 20.5 Å². The van der Waals surface area contributed by atoms with Gasteiger partial charge in [0.05, 0.1) is 17.2 Å². The Morgan fingerprint density at radius 1 is 0.920 bits per heavy atom. The van der Waals surface area contributed by atoms with Crippen molar-refractivity contribution in [2.45, 2.75) is 13.8 Å². The number of hydrogen-bond donors (Lipinski definition) is 2. The zero-order valence-corrected chi connectivity index (χ0v) is 13.8. The van der Waals surface area contributed by atoms with Crippen LogP contribution in [-0.2, 0) is 9.59 Å². The molecule has 0 unspecified atom stereocenters. The van der Waals surface area contributed by atoms with Gasteiger partial charge in [-0.2, -0.15) is 0 Å². The number of nitrogens with one attached hydrogen (secondary N) is 2. The second kappa shape index (κ2) is 7.92. The van der Waals surface area contributed by atoms with Crippen LogP contribution in [0.3, 0.4) is 0 Å². The molecule has 0 heterocycles. The molecular weight excluding hydrogens is 320 g/mol. The van der Waals surface area contributed by atoms with E-state index in [9.17, 15) is 19.5 Å². The van der Waals surface area contributed by atoms with Crippen LogP contribution in [0.25, 0.3) is 0 Å². The summed E-state index contributed by atoms with van der Waals surface area (Å²) in [6.45, 7) is 3.86. The number of anilines is 2. The van der Waals surface area contributed by atoms with Crippen molar-refractivity contribution < 1.29 is 19.5 Å². The molecule has 0 aromatic heterocycles. The van der Waals surface area contributed by atoms with Crippen LogP contribution in [0.2, 0.25) is 0 Å². The molecule has 2 N–H and O–H groups in total. The highest BCUT2D eigenvalue weighted by Crippen LogP contribution is 2.19. The molecule has 0 atom stereocenters. The molecule has 2 amide bonds. The summed E-state index contributed by atoms with van der Waals surface area (Å²) in [6.07, 6.45) is 1.45. The van der Waals surface area contributed by atoms with Gasteiger partial charge in [0.15, 0.2) is 0 Å². The number of amides is 2. The number of hydrogen-bond acceptors (Lipinski definition) is 4. The van der Waals surface area contributed by atoms with Crippen LogP contribution in [0.5, 0.6) is 0 Å². The van der Waals surface area contributed by atoms with Crippen LogP contribution < -0.4 is 15.7 Å². The number of carboxylic acids is 1. The largest absolute Gasteiger partial charge is 0.545 e. The molecule has 128 valence electrons. The van der Waals surface area contributed by atoms with E-state index in [1.807, 2.05) is 32.0 Å².